The van der Waals surface area contributed by atoms with E-state index in [1.54, 1.807) is 17.0 Å². The van der Waals surface area contributed by atoms with E-state index in [-0.39, 0.29) is 11.1 Å². The van der Waals surface area contributed by atoms with Crippen molar-refractivity contribution in [1.29, 1.82) is 0 Å². The van der Waals surface area contributed by atoms with Crippen molar-refractivity contribution in [2.75, 3.05) is 5.32 Å². The molecule has 1 saturated carbocycles. The Morgan fingerprint density at radius 3 is 2.67 bits per heavy atom. The molecule has 1 fully saturated rings. The smallest absolute Gasteiger partial charge is 0.293 e. The van der Waals surface area contributed by atoms with Crippen LogP contribution in [0.2, 0.25) is 0 Å². The molecule has 82 valence electrons. The monoisotopic (exact) mass is 207 g/mol. The topological polar surface area (TPSA) is 46.9 Å². The molecule has 0 radical (unpaired) electrons. The molecule has 1 heterocycles. The first-order valence-electron chi connectivity index (χ1n) is 5.33. The zero-order valence-corrected chi connectivity index (χ0v) is 9.45. The highest BCUT2D eigenvalue weighted by Crippen LogP contribution is 2.22. The van der Waals surface area contributed by atoms with E-state index in [1.165, 1.54) is 0 Å². The first-order valence-corrected chi connectivity index (χ1v) is 5.33. The van der Waals surface area contributed by atoms with Crippen LogP contribution in [0.4, 0.5) is 5.82 Å². The summed E-state index contributed by atoms with van der Waals surface area (Å²) in [6.07, 6.45) is 5.70. The van der Waals surface area contributed by atoms with Crippen LogP contribution in [0, 0.1) is 0 Å². The van der Waals surface area contributed by atoms with Gasteiger partial charge in [0.1, 0.15) is 0 Å². The Hall–Kier alpha value is -1.32. The van der Waals surface area contributed by atoms with Gasteiger partial charge in [0.15, 0.2) is 5.82 Å². The summed E-state index contributed by atoms with van der Waals surface area (Å²) in [5.41, 5.74) is -0.225. The maximum absolute atomic E-state index is 12.0. The van der Waals surface area contributed by atoms with Crippen LogP contribution in [0.3, 0.4) is 0 Å². The van der Waals surface area contributed by atoms with Gasteiger partial charge in [-0.25, -0.2) is 4.98 Å². The molecule has 0 aliphatic heterocycles. The quantitative estimate of drug-likeness (QED) is 0.800. The van der Waals surface area contributed by atoms with Gasteiger partial charge < -0.3 is 9.88 Å². The molecule has 1 aliphatic rings. The second-order valence-corrected chi connectivity index (χ2v) is 5.04. The Morgan fingerprint density at radius 2 is 2.13 bits per heavy atom. The minimum atomic E-state index is -0.194. The molecule has 0 amide bonds. The van der Waals surface area contributed by atoms with Crippen LogP contribution < -0.4 is 10.9 Å². The highest BCUT2D eigenvalue weighted by molar-refractivity contribution is 5.34. The fourth-order valence-electron chi connectivity index (χ4n) is 1.46. The van der Waals surface area contributed by atoms with Crippen LogP contribution in [0.5, 0.6) is 0 Å². The van der Waals surface area contributed by atoms with Crippen LogP contribution in [0.1, 0.15) is 33.6 Å². The van der Waals surface area contributed by atoms with Crippen molar-refractivity contribution in [3.8, 4) is 0 Å². The van der Waals surface area contributed by atoms with E-state index in [1.807, 2.05) is 20.8 Å². The molecule has 4 heteroatoms. The maximum atomic E-state index is 12.0. The summed E-state index contributed by atoms with van der Waals surface area (Å²) in [4.78, 5) is 16.1. The molecule has 0 saturated heterocycles. The largest absolute Gasteiger partial charge is 0.363 e. The van der Waals surface area contributed by atoms with E-state index in [4.69, 9.17) is 0 Å². The second-order valence-electron chi connectivity index (χ2n) is 5.04. The van der Waals surface area contributed by atoms with E-state index in [9.17, 15) is 4.79 Å². The number of aromatic nitrogens is 2. The summed E-state index contributed by atoms with van der Waals surface area (Å²) in [6, 6.07) is 0.459. The molecule has 2 rings (SSSR count). The third-order valence-electron chi connectivity index (χ3n) is 2.48. The first-order chi connectivity index (χ1) is 6.98. The summed E-state index contributed by atoms with van der Waals surface area (Å²) >= 11 is 0. The van der Waals surface area contributed by atoms with Gasteiger partial charge in [0, 0.05) is 24.0 Å². The minimum Gasteiger partial charge on any atom is -0.363 e. The van der Waals surface area contributed by atoms with Crippen molar-refractivity contribution < 1.29 is 0 Å². The van der Waals surface area contributed by atoms with Crippen molar-refractivity contribution >= 4 is 5.82 Å². The lowest BCUT2D eigenvalue weighted by molar-refractivity contribution is 0.383. The summed E-state index contributed by atoms with van der Waals surface area (Å²) in [5, 5.41) is 3.15. The number of rotatable bonds is 2. The van der Waals surface area contributed by atoms with E-state index < -0.39 is 0 Å². The van der Waals surface area contributed by atoms with E-state index in [0.717, 1.165) is 12.8 Å². The summed E-state index contributed by atoms with van der Waals surface area (Å²) in [6.45, 7) is 6.03. The van der Waals surface area contributed by atoms with Crippen molar-refractivity contribution in [2.24, 2.45) is 0 Å². The van der Waals surface area contributed by atoms with Crippen LogP contribution in [0.15, 0.2) is 17.2 Å². The highest BCUT2D eigenvalue weighted by atomic mass is 16.1. The fraction of sp³-hybridized carbons (Fsp3) is 0.636. The Labute approximate surface area is 89.3 Å². The number of hydrogen-bond acceptors (Lipinski definition) is 3. The van der Waals surface area contributed by atoms with Crippen LogP contribution >= 0.6 is 0 Å². The Kier molecular flexibility index (Phi) is 2.29. The standard InChI is InChI=1S/C11H17N3O/c1-11(2,3)14-7-6-12-9(10(14)15)13-8-4-5-8/h6-8H,4-5H2,1-3H3,(H,12,13). The van der Waals surface area contributed by atoms with Gasteiger partial charge in [-0.15, -0.1) is 0 Å². The lowest BCUT2D eigenvalue weighted by Crippen LogP contribution is -2.35. The zero-order valence-electron chi connectivity index (χ0n) is 9.45. The Bertz CT molecular complexity index is 413. The molecule has 0 atom stereocenters. The molecule has 1 aliphatic carbocycles. The van der Waals surface area contributed by atoms with Gasteiger partial charge in [-0.3, -0.25) is 4.79 Å². The Morgan fingerprint density at radius 1 is 1.47 bits per heavy atom. The van der Waals surface area contributed by atoms with Crippen LogP contribution in [-0.4, -0.2) is 15.6 Å². The van der Waals surface area contributed by atoms with Gasteiger partial charge in [-0.1, -0.05) is 0 Å². The van der Waals surface area contributed by atoms with Crippen LogP contribution in [-0.2, 0) is 5.54 Å². The van der Waals surface area contributed by atoms with Crippen molar-refractivity contribution in [2.45, 2.75) is 45.2 Å². The summed E-state index contributed by atoms with van der Waals surface area (Å²) in [5.74, 6) is 0.481. The molecule has 0 aromatic carbocycles. The SMILES string of the molecule is CC(C)(C)n1ccnc(NC2CC2)c1=O. The maximum Gasteiger partial charge on any atom is 0.293 e. The lowest BCUT2D eigenvalue weighted by atomic mass is 10.1. The summed E-state index contributed by atoms with van der Waals surface area (Å²) in [7, 11) is 0. The molecule has 4 nitrogen and oxygen atoms in total. The van der Waals surface area contributed by atoms with Gasteiger partial charge in [0.25, 0.3) is 5.56 Å². The number of nitrogens with one attached hydrogen (secondary N) is 1. The molecule has 0 bridgehead atoms. The average molecular weight is 207 g/mol. The van der Waals surface area contributed by atoms with E-state index in [2.05, 4.69) is 10.3 Å². The molecule has 0 unspecified atom stereocenters. The van der Waals surface area contributed by atoms with Crippen molar-refractivity contribution in [1.82, 2.24) is 9.55 Å². The van der Waals surface area contributed by atoms with E-state index in [0.29, 0.717) is 11.9 Å². The molecule has 0 spiro atoms. The number of anilines is 1. The van der Waals surface area contributed by atoms with Gasteiger partial charge in [-0.05, 0) is 33.6 Å². The normalized spacial score (nSPS) is 16.5. The molecule has 1 N–H and O–H groups in total. The molecule has 15 heavy (non-hydrogen) atoms. The summed E-state index contributed by atoms with van der Waals surface area (Å²) < 4.78 is 1.71. The predicted octanol–water partition coefficient (Wildman–Crippen LogP) is 1.57. The zero-order chi connectivity index (χ0) is 11.1. The fourth-order valence-corrected chi connectivity index (χ4v) is 1.46. The van der Waals surface area contributed by atoms with Crippen LogP contribution in [0.25, 0.3) is 0 Å². The predicted molar refractivity (Wildman–Crippen MR) is 60.1 cm³/mol. The average Bonchev–Trinajstić information content (AvgIpc) is 2.90. The highest BCUT2D eigenvalue weighted by Gasteiger charge is 2.24. The van der Waals surface area contributed by atoms with E-state index >= 15 is 0 Å². The lowest BCUT2D eigenvalue weighted by Gasteiger charge is -2.22. The van der Waals surface area contributed by atoms with Gasteiger partial charge >= 0.3 is 0 Å². The second kappa shape index (κ2) is 3.36. The van der Waals surface area contributed by atoms with Gasteiger partial charge in [0.2, 0.25) is 0 Å². The molecule has 1 aromatic heterocycles. The number of hydrogen-bond donors (Lipinski definition) is 1. The third kappa shape index (κ3) is 2.19. The first kappa shape index (κ1) is 10.2. The third-order valence-corrected chi connectivity index (χ3v) is 2.48. The molecule has 1 aromatic rings. The number of nitrogens with zero attached hydrogens (tertiary/aromatic N) is 2. The van der Waals surface area contributed by atoms with Crippen molar-refractivity contribution in [3.05, 3.63) is 22.7 Å². The van der Waals surface area contributed by atoms with Gasteiger partial charge in [0.05, 0.1) is 0 Å². The van der Waals surface area contributed by atoms with Gasteiger partial charge in [-0.2, -0.15) is 0 Å². The molecular weight excluding hydrogens is 190 g/mol. The minimum absolute atomic E-state index is 0.0306. The molecular formula is C11H17N3O. The van der Waals surface area contributed by atoms with Crippen molar-refractivity contribution in [3.63, 3.8) is 0 Å². The Balaban J connectivity index is 2.36.